The molecule has 10 heteroatoms. The second-order valence-corrected chi connectivity index (χ2v) is 7.37. The van der Waals surface area contributed by atoms with Gasteiger partial charge in [0.1, 0.15) is 6.04 Å². The summed E-state index contributed by atoms with van der Waals surface area (Å²) in [6.07, 6.45) is 1.48. The van der Waals surface area contributed by atoms with Crippen LogP contribution in [0.2, 0.25) is 5.02 Å². The lowest BCUT2D eigenvalue weighted by atomic mass is 10.1. The van der Waals surface area contributed by atoms with Gasteiger partial charge in [0.2, 0.25) is 5.91 Å². The van der Waals surface area contributed by atoms with Gasteiger partial charge in [0.25, 0.3) is 17.2 Å². The van der Waals surface area contributed by atoms with Crippen LogP contribution in [0.1, 0.15) is 22.8 Å². The number of carbonyl (C=O) groups excluding carboxylic acids is 2. The van der Waals surface area contributed by atoms with Gasteiger partial charge in [0.05, 0.1) is 17.2 Å². The van der Waals surface area contributed by atoms with Crippen molar-refractivity contribution in [3.63, 3.8) is 0 Å². The van der Waals surface area contributed by atoms with Crippen LogP contribution in [0.3, 0.4) is 0 Å². The van der Waals surface area contributed by atoms with Crippen molar-refractivity contribution in [2.24, 2.45) is 0 Å². The third kappa shape index (κ3) is 5.58. The molecule has 2 amide bonds. The molecule has 0 saturated heterocycles. The summed E-state index contributed by atoms with van der Waals surface area (Å²) < 4.78 is 1.41. The van der Waals surface area contributed by atoms with Gasteiger partial charge >= 0.3 is 0 Å². The standard InChI is InChI=1S/C22H19ClN4O5/c1-14(24-22(30)15-6-4-7-18(11-15)27(31)32)21(29)25-17-9-10-20(28)26(13-17)12-16-5-2-3-8-19(16)23/h2-11,13-14H,12H2,1H3,(H,24,30)(H,25,29). The molecule has 1 atom stereocenters. The second-order valence-electron chi connectivity index (χ2n) is 6.97. The molecule has 0 saturated carbocycles. The van der Waals surface area contributed by atoms with Crippen LogP contribution in [0, 0.1) is 10.1 Å². The minimum absolute atomic E-state index is 0.0622. The lowest BCUT2D eigenvalue weighted by Crippen LogP contribution is -2.41. The topological polar surface area (TPSA) is 123 Å². The number of benzene rings is 2. The molecule has 3 rings (SSSR count). The fourth-order valence-corrected chi connectivity index (χ4v) is 3.09. The molecule has 0 bridgehead atoms. The molecule has 0 fully saturated rings. The average Bonchev–Trinajstić information content (AvgIpc) is 2.77. The highest BCUT2D eigenvalue weighted by Gasteiger charge is 2.18. The molecule has 164 valence electrons. The first-order valence-electron chi connectivity index (χ1n) is 9.54. The minimum Gasteiger partial charge on any atom is -0.341 e. The molecule has 1 heterocycles. The minimum atomic E-state index is -0.939. The molecule has 1 unspecified atom stereocenters. The van der Waals surface area contributed by atoms with Gasteiger partial charge < -0.3 is 15.2 Å². The number of anilines is 1. The van der Waals surface area contributed by atoms with Crippen LogP contribution in [0.25, 0.3) is 0 Å². The molecule has 32 heavy (non-hydrogen) atoms. The van der Waals surface area contributed by atoms with Crippen molar-refractivity contribution in [3.8, 4) is 0 Å². The van der Waals surface area contributed by atoms with Gasteiger partial charge in [-0.05, 0) is 30.7 Å². The van der Waals surface area contributed by atoms with E-state index in [1.54, 1.807) is 18.2 Å². The number of nitrogens with one attached hydrogen (secondary N) is 2. The van der Waals surface area contributed by atoms with Crippen LogP contribution in [0.4, 0.5) is 11.4 Å². The summed E-state index contributed by atoms with van der Waals surface area (Å²) in [5.74, 6) is -1.15. The summed E-state index contributed by atoms with van der Waals surface area (Å²) in [6, 6.07) is 14.2. The smallest absolute Gasteiger partial charge is 0.270 e. The Kier molecular flexibility index (Phi) is 7.01. The van der Waals surface area contributed by atoms with E-state index < -0.39 is 22.8 Å². The van der Waals surface area contributed by atoms with Gasteiger partial charge in [-0.1, -0.05) is 35.9 Å². The number of hydrogen-bond acceptors (Lipinski definition) is 5. The third-order valence-corrected chi connectivity index (χ3v) is 4.98. The van der Waals surface area contributed by atoms with Gasteiger partial charge in [0, 0.05) is 35.0 Å². The lowest BCUT2D eigenvalue weighted by molar-refractivity contribution is -0.384. The number of nitro benzene ring substituents is 1. The Balaban J connectivity index is 1.68. The zero-order valence-corrected chi connectivity index (χ0v) is 17.7. The van der Waals surface area contributed by atoms with Crippen LogP contribution < -0.4 is 16.2 Å². The van der Waals surface area contributed by atoms with E-state index in [0.717, 1.165) is 11.6 Å². The van der Waals surface area contributed by atoms with E-state index in [-0.39, 0.29) is 23.4 Å². The van der Waals surface area contributed by atoms with Crippen molar-refractivity contribution in [3.05, 3.63) is 103 Å². The Morgan fingerprint density at radius 2 is 1.88 bits per heavy atom. The number of aromatic nitrogens is 1. The molecule has 0 aliphatic rings. The summed E-state index contributed by atoms with van der Waals surface area (Å²) in [4.78, 5) is 47.3. The maximum Gasteiger partial charge on any atom is 0.270 e. The molecule has 2 N–H and O–H groups in total. The predicted octanol–water partition coefficient (Wildman–Crippen LogP) is 3.22. The van der Waals surface area contributed by atoms with E-state index in [2.05, 4.69) is 10.6 Å². The Hall–Kier alpha value is -3.98. The molecule has 0 aliphatic carbocycles. The second kappa shape index (κ2) is 9.88. The van der Waals surface area contributed by atoms with Gasteiger partial charge in [-0.3, -0.25) is 24.5 Å². The molecule has 1 aromatic heterocycles. The van der Waals surface area contributed by atoms with E-state index in [0.29, 0.717) is 10.7 Å². The predicted molar refractivity (Wildman–Crippen MR) is 120 cm³/mol. The normalized spacial score (nSPS) is 11.4. The van der Waals surface area contributed by atoms with E-state index in [9.17, 15) is 24.5 Å². The zero-order valence-electron chi connectivity index (χ0n) is 16.9. The highest BCUT2D eigenvalue weighted by Crippen LogP contribution is 2.16. The molecule has 2 aromatic carbocycles. The number of nitro groups is 1. The Bertz CT molecular complexity index is 1240. The molecule has 0 spiro atoms. The largest absolute Gasteiger partial charge is 0.341 e. The summed E-state index contributed by atoms with van der Waals surface area (Å²) in [7, 11) is 0. The fourth-order valence-electron chi connectivity index (χ4n) is 2.90. The SMILES string of the molecule is CC(NC(=O)c1cccc([N+](=O)[O-])c1)C(=O)Nc1ccc(=O)n(Cc2ccccc2Cl)c1. The van der Waals surface area contributed by atoms with Crippen molar-refractivity contribution in [2.75, 3.05) is 5.32 Å². The van der Waals surface area contributed by atoms with Crippen LogP contribution in [-0.2, 0) is 11.3 Å². The first kappa shape index (κ1) is 22.7. The number of halogens is 1. The van der Waals surface area contributed by atoms with Gasteiger partial charge in [0.15, 0.2) is 0 Å². The average molecular weight is 455 g/mol. The van der Waals surface area contributed by atoms with Crippen LogP contribution in [0.5, 0.6) is 0 Å². The van der Waals surface area contributed by atoms with Crippen LogP contribution in [0.15, 0.2) is 71.7 Å². The van der Waals surface area contributed by atoms with Crippen molar-refractivity contribution in [1.82, 2.24) is 9.88 Å². The number of amides is 2. The molecule has 0 radical (unpaired) electrons. The molecule has 9 nitrogen and oxygen atoms in total. The number of nitrogens with zero attached hydrogens (tertiary/aromatic N) is 2. The van der Waals surface area contributed by atoms with Gasteiger partial charge in [-0.25, -0.2) is 0 Å². The Labute approximate surface area is 187 Å². The van der Waals surface area contributed by atoms with Crippen molar-refractivity contribution in [2.45, 2.75) is 19.5 Å². The van der Waals surface area contributed by atoms with Crippen LogP contribution >= 0.6 is 11.6 Å². The summed E-state index contributed by atoms with van der Waals surface area (Å²) in [5, 5.41) is 16.5. The van der Waals surface area contributed by atoms with E-state index in [1.165, 1.54) is 48.0 Å². The van der Waals surface area contributed by atoms with Crippen molar-refractivity contribution in [1.29, 1.82) is 0 Å². The van der Waals surface area contributed by atoms with Gasteiger partial charge in [-0.2, -0.15) is 0 Å². The van der Waals surface area contributed by atoms with Gasteiger partial charge in [-0.15, -0.1) is 0 Å². The van der Waals surface area contributed by atoms with E-state index >= 15 is 0 Å². The highest BCUT2D eigenvalue weighted by atomic mass is 35.5. The van der Waals surface area contributed by atoms with Crippen LogP contribution in [-0.4, -0.2) is 27.3 Å². The summed E-state index contributed by atoms with van der Waals surface area (Å²) in [5.41, 5.74) is 0.674. The number of hydrogen-bond donors (Lipinski definition) is 2. The molecular weight excluding hydrogens is 436 g/mol. The maximum atomic E-state index is 12.5. The molecule has 0 aliphatic heterocycles. The quantitative estimate of drug-likeness (QED) is 0.419. The van der Waals surface area contributed by atoms with Crippen molar-refractivity contribution < 1.29 is 14.5 Å². The maximum absolute atomic E-state index is 12.5. The van der Waals surface area contributed by atoms with Crippen molar-refractivity contribution >= 4 is 34.8 Å². The summed E-state index contributed by atoms with van der Waals surface area (Å²) >= 11 is 6.16. The Morgan fingerprint density at radius 3 is 2.59 bits per heavy atom. The number of non-ortho nitro benzene ring substituents is 1. The summed E-state index contributed by atoms with van der Waals surface area (Å²) in [6.45, 7) is 1.70. The third-order valence-electron chi connectivity index (χ3n) is 4.61. The first-order valence-corrected chi connectivity index (χ1v) is 9.92. The lowest BCUT2D eigenvalue weighted by Gasteiger charge is -2.15. The first-order chi connectivity index (χ1) is 15.2. The zero-order chi connectivity index (χ0) is 23.3. The fraction of sp³-hybridized carbons (Fsp3) is 0.136. The highest BCUT2D eigenvalue weighted by molar-refractivity contribution is 6.31. The number of rotatable bonds is 7. The van der Waals surface area contributed by atoms with E-state index in [4.69, 9.17) is 11.6 Å². The van der Waals surface area contributed by atoms with E-state index in [1.807, 2.05) is 6.07 Å². The monoisotopic (exact) mass is 454 g/mol. The molecular formula is C22H19ClN4O5. The molecule has 3 aromatic rings. The Morgan fingerprint density at radius 1 is 1.12 bits per heavy atom. The number of carbonyl (C=O) groups is 2. The number of pyridine rings is 1.